The summed E-state index contributed by atoms with van der Waals surface area (Å²) in [5, 5.41) is 5.78. The van der Waals surface area contributed by atoms with E-state index in [1.165, 1.54) is 16.3 Å². The molecule has 24 heavy (non-hydrogen) atoms. The molecule has 0 aliphatic heterocycles. The minimum absolute atomic E-state index is 0.142. The molecule has 2 aromatic rings. The summed E-state index contributed by atoms with van der Waals surface area (Å²) in [6.45, 7) is 8.77. The lowest BCUT2D eigenvalue weighted by atomic mass is 10.0. The first kappa shape index (κ1) is 18.4. The van der Waals surface area contributed by atoms with E-state index in [2.05, 4.69) is 49.5 Å². The summed E-state index contributed by atoms with van der Waals surface area (Å²) >= 11 is 0. The molecule has 0 radical (unpaired) electrons. The van der Waals surface area contributed by atoms with Crippen molar-refractivity contribution in [1.82, 2.24) is 5.32 Å². The fourth-order valence-corrected chi connectivity index (χ4v) is 2.56. The lowest BCUT2D eigenvalue weighted by molar-refractivity contribution is -0.148. The molecule has 0 aromatic heterocycles. The number of carbonyl (C=O) groups is 1. The molecule has 4 nitrogen and oxygen atoms in total. The van der Waals surface area contributed by atoms with Crippen LogP contribution >= 0.6 is 0 Å². The number of ether oxygens (including phenoxy) is 1. The Morgan fingerprint density at radius 3 is 2.29 bits per heavy atom. The van der Waals surface area contributed by atoms with Crippen molar-refractivity contribution in [2.45, 2.75) is 58.8 Å². The molecule has 0 spiro atoms. The van der Waals surface area contributed by atoms with Crippen LogP contribution in [0, 0.1) is 0 Å². The van der Waals surface area contributed by atoms with Crippen molar-refractivity contribution < 1.29 is 9.53 Å². The van der Waals surface area contributed by atoms with Gasteiger partial charge in [-0.25, -0.2) is 0 Å². The summed E-state index contributed by atoms with van der Waals surface area (Å²) in [4.78, 5) is 11.9. The second-order valence-corrected chi connectivity index (χ2v) is 6.85. The third-order valence-corrected chi connectivity index (χ3v) is 3.79. The topological polar surface area (TPSA) is 64.3 Å². The average molecular weight is 328 g/mol. The third kappa shape index (κ3) is 5.32. The first-order valence-corrected chi connectivity index (χ1v) is 8.56. The predicted octanol–water partition coefficient (Wildman–Crippen LogP) is 3.16. The van der Waals surface area contributed by atoms with Gasteiger partial charge in [0.1, 0.15) is 6.04 Å². The number of benzene rings is 2. The largest absolute Gasteiger partial charge is 0.462 e. The Morgan fingerprint density at radius 1 is 1.04 bits per heavy atom. The van der Waals surface area contributed by atoms with Crippen LogP contribution in [0.5, 0.6) is 0 Å². The minimum atomic E-state index is -0.629. The highest BCUT2D eigenvalue weighted by molar-refractivity contribution is 5.84. The van der Waals surface area contributed by atoms with Gasteiger partial charge in [-0.2, -0.15) is 0 Å². The van der Waals surface area contributed by atoms with E-state index in [0.717, 1.165) is 12.1 Å². The number of rotatable bonds is 7. The summed E-state index contributed by atoms with van der Waals surface area (Å²) in [6.07, 6.45) is 0.340. The van der Waals surface area contributed by atoms with Crippen LogP contribution in [0.1, 0.15) is 38.8 Å². The summed E-state index contributed by atoms with van der Waals surface area (Å²) in [5.41, 5.74) is 8.26. The SMILES string of the molecule is CC(C)NCc1ccc2ccc(CC(N)C(=O)OC(C)C)cc2c1. The zero-order valence-corrected chi connectivity index (χ0v) is 15.0. The van der Waals surface area contributed by atoms with Crippen molar-refractivity contribution >= 4 is 16.7 Å². The highest BCUT2D eigenvalue weighted by Gasteiger charge is 2.17. The van der Waals surface area contributed by atoms with Gasteiger partial charge < -0.3 is 15.8 Å². The summed E-state index contributed by atoms with van der Waals surface area (Å²) in [6, 6.07) is 12.5. The molecule has 0 saturated carbocycles. The molecule has 2 rings (SSSR count). The Bertz CT molecular complexity index is 695. The van der Waals surface area contributed by atoms with E-state index in [9.17, 15) is 4.79 Å². The molecule has 2 aromatic carbocycles. The number of esters is 1. The lowest BCUT2D eigenvalue weighted by Gasteiger charge is -2.14. The van der Waals surface area contributed by atoms with Crippen LogP contribution in [0.4, 0.5) is 0 Å². The van der Waals surface area contributed by atoms with Gasteiger partial charge in [-0.3, -0.25) is 4.79 Å². The predicted molar refractivity (Wildman–Crippen MR) is 98.8 cm³/mol. The molecular formula is C20H28N2O2. The molecule has 0 aliphatic rings. The van der Waals surface area contributed by atoms with E-state index in [0.29, 0.717) is 12.5 Å². The van der Waals surface area contributed by atoms with Gasteiger partial charge in [0.05, 0.1) is 6.10 Å². The molecule has 0 fully saturated rings. The van der Waals surface area contributed by atoms with E-state index in [1.807, 2.05) is 19.9 Å². The summed E-state index contributed by atoms with van der Waals surface area (Å²) < 4.78 is 5.17. The Balaban J connectivity index is 2.12. The van der Waals surface area contributed by atoms with E-state index >= 15 is 0 Å². The molecule has 0 bridgehead atoms. The van der Waals surface area contributed by atoms with Gasteiger partial charge in [0, 0.05) is 12.6 Å². The van der Waals surface area contributed by atoms with Crippen LogP contribution in [0.3, 0.4) is 0 Å². The third-order valence-electron chi connectivity index (χ3n) is 3.79. The Kier molecular flexibility index (Phi) is 6.35. The standard InChI is InChI=1S/C20H28N2O2/c1-13(2)22-12-16-6-8-17-7-5-15(9-18(17)10-16)11-19(21)20(23)24-14(3)4/h5-10,13-14,19,22H,11-12,21H2,1-4H3. The van der Waals surface area contributed by atoms with Gasteiger partial charge in [-0.05, 0) is 48.2 Å². The zero-order valence-electron chi connectivity index (χ0n) is 15.0. The van der Waals surface area contributed by atoms with Crippen LogP contribution in [0.2, 0.25) is 0 Å². The second kappa shape index (κ2) is 8.27. The van der Waals surface area contributed by atoms with Crippen LogP contribution in [0.15, 0.2) is 36.4 Å². The number of hydrogen-bond donors (Lipinski definition) is 2. The maximum atomic E-state index is 11.9. The van der Waals surface area contributed by atoms with Crippen molar-refractivity contribution in [3.05, 3.63) is 47.5 Å². The number of fused-ring (bicyclic) bond motifs is 1. The van der Waals surface area contributed by atoms with E-state index < -0.39 is 6.04 Å². The number of hydrogen-bond acceptors (Lipinski definition) is 4. The first-order chi connectivity index (χ1) is 11.3. The Labute approximate surface area is 144 Å². The van der Waals surface area contributed by atoms with Crippen LogP contribution in [-0.2, 0) is 22.5 Å². The van der Waals surface area contributed by atoms with E-state index in [-0.39, 0.29) is 12.1 Å². The van der Waals surface area contributed by atoms with Gasteiger partial charge in [0.15, 0.2) is 0 Å². The number of carbonyl (C=O) groups excluding carboxylic acids is 1. The van der Waals surface area contributed by atoms with Gasteiger partial charge in [-0.1, -0.05) is 44.2 Å². The minimum Gasteiger partial charge on any atom is -0.462 e. The maximum absolute atomic E-state index is 11.9. The molecule has 0 amide bonds. The Morgan fingerprint density at radius 2 is 1.67 bits per heavy atom. The maximum Gasteiger partial charge on any atom is 0.323 e. The molecule has 0 heterocycles. The fourth-order valence-electron chi connectivity index (χ4n) is 2.56. The molecule has 3 N–H and O–H groups in total. The fraction of sp³-hybridized carbons (Fsp3) is 0.450. The average Bonchev–Trinajstić information content (AvgIpc) is 2.51. The monoisotopic (exact) mass is 328 g/mol. The Hall–Kier alpha value is -1.91. The second-order valence-electron chi connectivity index (χ2n) is 6.85. The van der Waals surface area contributed by atoms with Crippen LogP contribution in [-0.4, -0.2) is 24.2 Å². The molecule has 1 atom stereocenters. The van der Waals surface area contributed by atoms with Crippen molar-refractivity contribution in [3.63, 3.8) is 0 Å². The molecular weight excluding hydrogens is 300 g/mol. The van der Waals surface area contributed by atoms with Gasteiger partial charge in [-0.15, -0.1) is 0 Å². The van der Waals surface area contributed by atoms with Crippen molar-refractivity contribution in [2.75, 3.05) is 0 Å². The van der Waals surface area contributed by atoms with Crippen molar-refractivity contribution in [2.24, 2.45) is 5.73 Å². The highest BCUT2D eigenvalue weighted by atomic mass is 16.5. The first-order valence-electron chi connectivity index (χ1n) is 8.56. The van der Waals surface area contributed by atoms with Gasteiger partial charge >= 0.3 is 5.97 Å². The normalized spacial score (nSPS) is 12.8. The quantitative estimate of drug-likeness (QED) is 0.766. The van der Waals surface area contributed by atoms with E-state index in [1.54, 1.807) is 0 Å². The van der Waals surface area contributed by atoms with Crippen molar-refractivity contribution in [1.29, 1.82) is 0 Å². The number of nitrogens with one attached hydrogen (secondary N) is 1. The smallest absolute Gasteiger partial charge is 0.323 e. The van der Waals surface area contributed by atoms with Gasteiger partial charge in [0.2, 0.25) is 0 Å². The molecule has 0 aliphatic carbocycles. The number of nitrogens with two attached hydrogens (primary N) is 1. The zero-order chi connectivity index (χ0) is 17.7. The van der Waals surface area contributed by atoms with Crippen LogP contribution < -0.4 is 11.1 Å². The molecule has 4 heteroatoms. The molecule has 130 valence electrons. The summed E-state index contributed by atoms with van der Waals surface area (Å²) in [5.74, 6) is -0.347. The lowest BCUT2D eigenvalue weighted by Crippen LogP contribution is -2.35. The molecule has 0 saturated heterocycles. The highest BCUT2D eigenvalue weighted by Crippen LogP contribution is 2.19. The van der Waals surface area contributed by atoms with Crippen LogP contribution in [0.25, 0.3) is 10.8 Å². The van der Waals surface area contributed by atoms with E-state index in [4.69, 9.17) is 10.5 Å². The van der Waals surface area contributed by atoms with Crippen molar-refractivity contribution in [3.8, 4) is 0 Å². The summed E-state index contributed by atoms with van der Waals surface area (Å²) in [7, 11) is 0. The molecule has 1 unspecified atom stereocenters. The van der Waals surface area contributed by atoms with Gasteiger partial charge in [0.25, 0.3) is 0 Å².